The summed E-state index contributed by atoms with van der Waals surface area (Å²) >= 11 is 1.06. The molecule has 1 heterocycles. The van der Waals surface area contributed by atoms with Gasteiger partial charge < -0.3 is 16.2 Å². The zero-order valence-electron chi connectivity index (χ0n) is 10.6. The number of aryl methyl sites for hydroxylation is 1. The van der Waals surface area contributed by atoms with Crippen molar-refractivity contribution in [3.05, 3.63) is 10.6 Å². The zero-order valence-corrected chi connectivity index (χ0v) is 11.4. The molecule has 1 rings (SSSR count). The SMILES string of the molecule is Cc1nc(N)sc1C(=O)N[C@@H](CC(C)C)C(=O)O. The smallest absolute Gasteiger partial charge is 0.326 e. The molecule has 0 aliphatic rings. The number of hydrogen-bond acceptors (Lipinski definition) is 5. The molecule has 18 heavy (non-hydrogen) atoms. The lowest BCUT2D eigenvalue weighted by atomic mass is 10.0. The van der Waals surface area contributed by atoms with Gasteiger partial charge in [0, 0.05) is 0 Å². The van der Waals surface area contributed by atoms with Crippen LogP contribution >= 0.6 is 11.3 Å². The summed E-state index contributed by atoms with van der Waals surface area (Å²) in [5.74, 6) is -1.29. The number of amides is 1. The molecule has 0 aromatic carbocycles. The highest BCUT2D eigenvalue weighted by molar-refractivity contribution is 7.17. The third-order valence-electron chi connectivity index (χ3n) is 2.33. The topological polar surface area (TPSA) is 105 Å². The summed E-state index contributed by atoms with van der Waals surface area (Å²) in [5.41, 5.74) is 6.02. The molecule has 0 spiro atoms. The molecule has 0 aliphatic carbocycles. The summed E-state index contributed by atoms with van der Waals surface area (Å²) < 4.78 is 0. The van der Waals surface area contributed by atoms with Crippen LogP contribution in [0.5, 0.6) is 0 Å². The molecule has 1 aromatic rings. The number of hydrogen-bond donors (Lipinski definition) is 3. The molecule has 0 bridgehead atoms. The standard InChI is InChI=1S/C11H17N3O3S/c1-5(2)4-7(10(16)17)14-9(15)8-6(3)13-11(12)18-8/h5,7H,4H2,1-3H3,(H2,12,13)(H,14,15)(H,16,17)/t7-/m0/s1. The van der Waals surface area contributed by atoms with Gasteiger partial charge >= 0.3 is 5.97 Å². The van der Waals surface area contributed by atoms with Crippen LogP contribution in [-0.4, -0.2) is 28.0 Å². The van der Waals surface area contributed by atoms with Gasteiger partial charge in [0.15, 0.2) is 5.13 Å². The van der Waals surface area contributed by atoms with Crippen LogP contribution in [0.15, 0.2) is 0 Å². The maximum absolute atomic E-state index is 11.9. The number of nitrogens with two attached hydrogens (primary N) is 1. The van der Waals surface area contributed by atoms with Crippen molar-refractivity contribution in [2.45, 2.75) is 33.2 Å². The molecule has 1 aromatic heterocycles. The molecule has 1 atom stereocenters. The number of carboxylic acid groups (broad SMARTS) is 1. The minimum Gasteiger partial charge on any atom is -0.480 e. The lowest BCUT2D eigenvalue weighted by Crippen LogP contribution is -2.41. The van der Waals surface area contributed by atoms with Crippen molar-refractivity contribution in [2.75, 3.05) is 5.73 Å². The van der Waals surface area contributed by atoms with E-state index in [0.29, 0.717) is 22.1 Å². The van der Waals surface area contributed by atoms with Gasteiger partial charge in [0.25, 0.3) is 5.91 Å². The molecule has 0 unspecified atom stereocenters. The molecule has 0 saturated heterocycles. The molecular weight excluding hydrogens is 254 g/mol. The number of thiazole rings is 1. The second kappa shape index (κ2) is 5.81. The summed E-state index contributed by atoms with van der Waals surface area (Å²) in [6.07, 6.45) is 0.383. The molecule has 0 radical (unpaired) electrons. The second-order valence-corrected chi connectivity index (χ2v) is 5.49. The van der Waals surface area contributed by atoms with Crippen LogP contribution in [0, 0.1) is 12.8 Å². The van der Waals surface area contributed by atoms with Gasteiger partial charge in [-0.2, -0.15) is 0 Å². The van der Waals surface area contributed by atoms with Crippen molar-refractivity contribution < 1.29 is 14.7 Å². The Kier molecular flexibility index (Phi) is 4.66. The Morgan fingerprint density at radius 1 is 1.50 bits per heavy atom. The van der Waals surface area contributed by atoms with Crippen molar-refractivity contribution in [1.82, 2.24) is 10.3 Å². The van der Waals surface area contributed by atoms with E-state index in [1.807, 2.05) is 13.8 Å². The minimum absolute atomic E-state index is 0.180. The highest BCUT2D eigenvalue weighted by Crippen LogP contribution is 2.19. The molecule has 4 N–H and O–H groups in total. The number of nitrogens with one attached hydrogen (secondary N) is 1. The lowest BCUT2D eigenvalue weighted by Gasteiger charge is -2.15. The minimum atomic E-state index is -1.04. The van der Waals surface area contributed by atoms with E-state index in [-0.39, 0.29) is 5.92 Å². The van der Waals surface area contributed by atoms with Gasteiger partial charge in [-0.05, 0) is 19.3 Å². The first-order valence-electron chi connectivity index (χ1n) is 5.57. The third-order valence-corrected chi connectivity index (χ3v) is 3.32. The Bertz CT molecular complexity index is 456. The van der Waals surface area contributed by atoms with Gasteiger partial charge in [-0.15, -0.1) is 0 Å². The van der Waals surface area contributed by atoms with Crippen molar-refractivity contribution in [1.29, 1.82) is 0 Å². The Hall–Kier alpha value is -1.63. The predicted molar refractivity (Wildman–Crippen MR) is 69.6 cm³/mol. The van der Waals surface area contributed by atoms with Crippen molar-refractivity contribution in [3.63, 3.8) is 0 Å². The Balaban J connectivity index is 2.78. The Morgan fingerprint density at radius 2 is 2.11 bits per heavy atom. The molecule has 100 valence electrons. The van der Waals surface area contributed by atoms with E-state index in [9.17, 15) is 9.59 Å². The Morgan fingerprint density at radius 3 is 2.50 bits per heavy atom. The fourth-order valence-electron chi connectivity index (χ4n) is 1.54. The largest absolute Gasteiger partial charge is 0.480 e. The van der Waals surface area contributed by atoms with E-state index < -0.39 is 17.9 Å². The van der Waals surface area contributed by atoms with Crippen molar-refractivity contribution >= 4 is 28.3 Å². The summed E-state index contributed by atoms with van der Waals surface area (Å²) in [7, 11) is 0. The molecular formula is C11H17N3O3S. The lowest BCUT2D eigenvalue weighted by molar-refractivity contribution is -0.139. The molecule has 7 heteroatoms. The van der Waals surface area contributed by atoms with Gasteiger partial charge in [0.2, 0.25) is 0 Å². The van der Waals surface area contributed by atoms with E-state index in [0.717, 1.165) is 11.3 Å². The third kappa shape index (κ3) is 3.69. The van der Waals surface area contributed by atoms with E-state index >= 15 is 0 Å². The van der Waals surface area contributed by atoms with Crippen LogP contribution in [0.3, 0.4) is 0 Å². The highest BCUT2D eigenvalue weighted by Gasteiger charge is 2.23. The Labute approximate surface area is 109 Å². The fourth-order valence-corrected chi connectivity index (χ4v) is 2.28. The van der Waals surface area contributed by atoms with Crippen molar-refractivity contribution in [2.24, 2.45) is 5.92 Å². The van der Waals surface area contributed by atoms with Crippen LogP contribution in [0.2, 0.25) is 0 Å². The number of aromatic nitrogens is 1. The molecule has 0 saturated carbocycles. The van der Waals surface area contributed by atoms with Gasteiger partial charge in [-0.3, -0.25) is 4.79 Å². The van der Waals surface area contributed by atoms with E-state index in [1.165, 1.54) is 0 Å². The van der Waals surface area contributed by atoms with Crippen molar-refractivity contribution in [3.8, 4) is 0 Å². The van der Waals surface area contributed by atoms with Crippen LogP contribution in [-0.2, 0) is 4.79 Å². The van der Waals surface area contributed by atoms with Gasteiger partial charge in [0.05, 0.1) is 5.69 Å². The summed E-state index contributed by atoms with van der Waals surface area (Å²) in [6.45, 7) is 5.47. The average molecular weight is 271 g/mol. The predicted octanol–water partition coefficient (Wildman–Crippen LogP) is 1.26. The number of nitrogen functional groups attached to an aromatic ring is 1. The van der Waals surface area contributed by atoms with Gasteiger partial charge in [-0.25, -0.2) is 9.78 Å². The summed E-state index contributed by atoms with van der Waals surface area (Å²) in [4.78, 5) is 27.3. The fraction of sp³-hybridized carbons (Fsp3) is 0.545. The quantitative estimate of drug-likeness (QED) is 0.747. The molecule has 0 fully saturated rings. The van der Waals surface area contributed by atoms with E-state index in [1.54, 1.807) is 6.92 Å². The van der Waals surface area contributed by atoms with E-state index in [2.05, 4.69) is 10.3 Å². The first-order valence-corrected chi connectivity index (χ1v) is 6.39. The number of nitrogens with zero attached hydrogens (tertiary/aromatic N) is 1. The van der Waals surface area contributed by atoms with Gasteiger partial charge in [-0.1, -0.05) is 25.2 Å². The molecule has 1 amide bonds. The normalized spacial score (nSPS) is 12.4. The summed E-state index contributed by atoms with van der Waals surface area (Å²) in [5, 5.41) is 11.8. The van der Waals surface area contributed by atoms with Gasteiger partial charge in [0.1, 0.15) is 10.9 Å². The summed E-state index contributed by atoms with van der Waals surface area (Å²) in [6, 6.07) is -0.889. The first-order chi connectivity index (χ1) is 8.31. The van der Waals surface area contributed by atoms with E-state index in [4.69, 9.17) is 10.8 Å². The van der Waals surface area contributed by atoms with Crippen LogP contribution in [0.25, 0.3) is 0 Å². The highest BCUT2D eigenvalue weighted by atomic mass is 32.1. The zero-order chi connectivity index (χ0) is 13.9. The van der Waals surface area contributed by atoms with Crippen LogP contribution in [0.4, 0.5) is 5.13 Å². The number of carbonyl (C=O) groups excluding carboxylic acids is 1. The van der Waals surface area contributed by atoms with Crippen LogP contribution < -0.4 is 11.1 Å². The van der Waals surface area contributed by atoms with Crippen LogP contribution in [0.1, 0.15) is 35.6 Å². The number of carboxylic acids is 1. The number of carbonyl (C=O) groups is 2. The number of anilines is 1. The number of aliphatic carboxylic acids is 1. The second-order valence-electron chi connectivity index (χ2n) is 4.46. The molecule has 6 nitrogen and oxygen atoms in total. The molecule has 0 aliphatic heterocycles. The maximum atomic E-state index is 11.9. The average Bonchev–Trinajstić information content (AvgIpc) is 2.56. The first kappa shape index (κ1) is 14.4. The monoisotopic (exact) mass is 271 g/mol. The maximum Gasteiger partial charge on any atom is 0.326 e. The number of rotatable bonds is 5.